The summed E-state index contributed by atoms with van der Waals surface area (Å²) in [6, 6.07) is 23.5. The molecule has 4 aromatic rings. The summed E-state index contributed by atoms with van der Waals surface area (Å²) >= 11 is 6.39. The number of rotatable bonds is 2. The maximum Gasteiger partial charge on any atom is 0.338 e. The zero-order valence-electron chi connectivity index (χ0n) is 19.3. The van der Waals surface area contributed by atoms with Crippen LogP contribution < -0.4 is 0 Å². The number of hydrogen-bond acceptors (Lipinski definition) is 2. The zero-order chi connectivity index (χ0) is 25.3. The van der Waals surface area contributed by atoms with Gasteiger partial charge < -0.3 is 4.74 Å². The lowest BCUT2D eigenvalue weighted by Crippen LogP contribution is -2.15. The summed E-state index contributed by atoms with van der Waals surface area (Å²) in [5, 5.41) is 0. The van der Waals surface area contributed by atoms with Crippen molar-refractivity contribution in [3.63, 3.8) is 0 Å². The van der Waals surface area contributed by atoms with Gasteiger partial charge in [0.1, 0.15) is 11.6 Å². The molecule has 0 aromatic heterocycles. The van der Waals surface area contributed by atoms with Gasteiger partial charge in [0.2, 0.25) is 0 Å². The summed E-state index contributed by atoms with van der Waals surface area (Å²) in [7, 11) is 1.33. The molecule has 1 aliphatic rings. The van der Waals surface area contributed by atoms with Crippen LogP contribution in [0.25, 0.3) is 22.3 Å². The van der Waals surface area contributed by atoms with E-state index < -0.39 is 5.97 Å². The van der Waals surface area contributed by atoms with Crippen LogP contribution >= 0.6 is 31.9 Å². The lowest BCUT2D eigenvalue weighted by molar-refractivity contribution is 0.0601. The summed E-state index contributed by atoms with van der Waals surface area (Å²) in [5.41, 5.74) is 6.50. The van der Waals surface area contributed by atoms with E-state index in [4.69, 9.17) is 4.74 Å². The number of methoxy groups -OCH3 is 1. The Kier molecular flexibility index (Phi) is 7.25. The SMILES string of the molecule is CC1(C)c2ccccc2-c2cc(Br)c(F)cc21.COC(=O)c1ccccc1-c1ccc(F)c(Br)c1. The van der Waals surface area contributed by atoms with Crippen LogP contribution in [0.2, 0.25) is 0 Å². The molecule has 0 saturated carbocycles. The first-order chi connectivity index (χ1) is 16.6. The molecule has 0 radical (unpaired) electrons. The lowest BCUT2D eigenvalue weighted by Gasteiger charge is -2.21. The van der Waals surface area contributed by atoms with E-state index in [1.165, 1.54) is 24.3 Å². The van der Waals surface area contributed by atoms with Gasteiger partial charge >= 0.3 is 5.97 Å². The number of hydrogen-bond donors (Lipinski definition) is 0. The van der Waals surface area contributed by atoms with E-state index in [1.807, 2.05) is 24.3 Å². The van der Waals surface area contributed by atoms with Crippen molar-refractivity contribution in [1.29, 1.82) is 0 Å². The molecule has 0 unspecified atom stereocenters. The van der Waals surface area contributed by atoms with Crippen molar-refractivity contribution < 1.29 is 18.3 Å². The summed E-state index contributed by atoms with van der Waals surface area (Å²) < 4.78 is 32.5. The first-order valence-corrected chi connectivity index (χ1v) is 12.5. The van der Waals surface area contributed by atoms with E-state index in [-0.39, 0.29) is 17.0 Å². The van der Waals surface area contributed by atoms with Gasteiger partial charge in [0, 0.05) is 5.41 Å². The third-order valence-electron chi connectivity index (χ3n) is 6.19. The molecule has 6 heteroatoms. The van der Waals surface area contributed by atoms with Crippen molar-refractivity contribution in [2.24, 2.45) is 0 Å². The van der Waals surface area contributed by atoms with E-state index in [0.29, 0.717) is 20.1 Å². The molecule has 178 valence electrons. The van der Waals surface area contributed by atoms with Gasteiger partial charge in [0.15, 0.2) is 0 Å². The Labute approximate surface area is 220 Å². The average molecular weight is 600 g/mol. The van der Waals surface area contributed by atoms with E-state index in [1.54, 1.807) is 36.4 Å². The Morgan fingerprint density at radius 1 is 0.743 bits per heavy atom. The molecule has 5 rings (SSSR count). The number of carbonyl (C=O) groups is 1. The normalized spacial score (nSPS) is 12.8. The van der Waals surface area contributed by atoms with Crippen molar-refractivity contribution >= 4 is 37.8 Å². The van der Waals surface area contributed by atoms with Crippen molar-refractivity contribution in [2.45, 2.75) is 19.3 Å². The molecule has 2 nitrogen and oxygen atoms in total. The molecule has 1 aliphatic carbocycles. The predicted octanol–water partition coefficient (Wildman–Crippen LogP) is 8.94. The first-order valence-electron chi connectivity index (χ1n) is 10.9. The fourth-order valence-electron chi connectivity index (χ4n) is 4.38. The second kappa shape index (κ2) is 10.0. The monoisotopic (exact) mass is 598 g/mol. The number of benzene rings is 4. The van der Waals surface area contributed by atoms with Gasteiger partial charge in [-0.25, -0.2) is 13.6 Å². The molecule has 0 fully saturated rings. The standard InChI is InChI=1S/C15H12BrF.C14H10BrFO2/c1-15(2)11-6-4-3-5-9(11)10-7-13(16)14(17)8-12(10)15;1-18-14(17)11-5-3-2-4-10(11)9-6-7-13(16)12(15)8-9/h3-8H,1-2H3;2-8H,1H3. The molecular weight excluding hydrogens is 578 g/mol. The van der Waals surface area contributed by atoms with Crippen molar-refractivity contribution in [3.05, 3.63) is 116 Å². The highest BCUT2D eigenvalue weighted by molar-refractivity contribution is 9.10. The number of carbonyl (C=O) groups excluding carboxylic acids is 1. The fourth-order valence-corrected chi connectivity index (χ4v) is 5.10. The van der Waals surface area contributed by atoms with E-state index in [0.717, 1.165) is 16.7 Å². The topological polar surface area (TPSA) is 26.3 Å². The van der Waals surface area contributed by atoms with Crippen LogP contribution in [-0.2, 0) is 10.2 Å². The van der Waals surface area contributed by atoms with Crippen LogP contribution in [-0.4, -0.2) is 13.1 Å². The smallest absolute Gasteiger partial charge is 0.338 e. The molecule has 0 amide bonds. The second-order valence-electron chi connectivity index (χ2n) is 8.65. The van der Waals surface area contributed by atoms with Gasteiger partial charge in [-0.15, -0.1) is 0 Å². The molecule has 0 aliphatic heterocycles. The van der Waals surface area contributed by atoms with Crippen LogP contribution in [0.1, 0.15) is 35.3 Å². The summed E-state index contributed by atoms with van der Waals surface area (Å²) in [4.78, 5) is 11.7. The number of fused-ring (bicyclic) bond motifs is 3. The minimum absolute atomic E-state index is 0.118. The van der Waals surface area contributed by atoms with Crippen LogP contribution in [0.5, 0.6) is 0 Å². The minimum Gasteiger partial charge on any atom is -0.465 e. The number of esters is 1. The second-order valence-corrected chi connectivity index (χ2v) is 10.4. The average Bonchev–Trinajstić information content (AvgIpc) is 3.07. The van der Waals surface area contributed by atoms with Crippen molar-refractivity contribution in [2.75, 3.05) is 7.11 Å². The molecule has 0 heterocycles. The lowest BCUT2D eigenvalue weighted by atomic mass is 9.82. The van der Waals surface area contributed by atoms with Gasteiger partial charge in [0.25, 0.3) is 0 Å². The van der Waals surface area contributed by atoms with Crippen LogP contribution in [0.15, 0.2) is 87.8 Å². The minimum atomic E-state index is -0.411. The number of ether oxygens (including phenoxy) is 1. The molecule has 0 spiro atoms. The van der Waals surface area contributed by atoms with E-state index in [2.05, 4.69) is 57.8 Å². The highest BCUT2D eigenvalue weighted by Gasteiger charge is 2.35. The molecule has 35 heavy (non-hydrogen) atoms. The largest absolute Gasteiger partial charge is 0.465 e. The van der Waals surface area contributed by atoms with E-state index in [9.17, 15) is 13.6 Å². The van der Waals surface area contributed by atoms with Gasteiger partial charge in [-0.05, 0) is 95.6 Å². The summed E-state index contributed by atoms with van der Waals surface area (Å²) in [5.74, 6) is -0.940. The molecule has 0 bridgehead atoms. The number of halogens is 4. The Hall–Kier alpha value is -2.83. The highest BCUT2D eigenvalue weighted by atomic mass is 79.9. The maximum atomic E-state index is 13.7. The first kappa shape index (κ1) is 25.3. The Morgan fingerprint density at radius 3 is 2.06 bits per heavy atom. The zero-order valence-corrected chi connectivity index (χ0v) is 22.5. The Balaban J connectivity index is 0.000000165. The fraction of sp³-hybridized carbons (Fsp3) is 0.138. The predicted molar refractivity (Wildman–Crippen MR) is 143 cm³/mol. The highest BCUT2D eigenvalue weighted by Crippen LogP contribution is 2.49. The molecule has 4 aromatic carbocycles. The van der Waals surface area contributed by atoms with E-state index >= 15 is 0 Å². The third-order valence-corrected chi connectivity index (χ3v) is 7.40. The van der Waals surface area contributed by atoms with Gasteiger partial charge in [0.05, 0.1) is 21.6 Å². The van der Waals surface area contributed by atoms with Crippen molar-refractivity contribution in [1.82, 2.24) is 0 Å². The van der Waals surface area contributed by atoms with Gasteiger partial charge in [-0.1, -0.05) is 62.4 Å². The Morgan fingerprint density at radius 2 is 1.37 bits per heavy atom. The quantitative estimate of drug-likeness (QED) is 0.215. The van der Waals surface area contributed by atoms with Crippen LogP contribution in [0, 0.1) is 11.6 Å². The van der Waals surface area contributed by atoms with Crippen LogP contribution in [0.4, 0.5) is 8.78 Å². The molecule has 0 N–H and O–H groups in total. The van der Waals surface area contributed by atoms with Crippen LogP contribution in [0.3, 0.4) is 0 Å². The van der Waals surface area contributed by atoms with Gasteiger partial charge in [-0.3, -0.25) is 0 Å². The van der Waals surface area contributed by atoms with Gasteiger partial charge in [-0.2, -0.15) is 0 Å². The molecule has 0 saturated heterocycles. The Bertz CT molecular complexity index is 1430. The summed E-state index contributed by atoms with van der Waals surface area (Å²) in [6.07, 6.45) is 0. The molecular formula is C29H22Br2F2O2. The summed E-state index contributed by atoms with van der Waals surface area (Å²) in [6.45, 7) is 4.29. The third kappa shape index (κ3) is 4.82. The maximum absolute atomic E-state index is 13.7. The van der Waals surface area contributed by atoms with Crippen molar-refractivity contribution in [3.8, 4) is 22.3 Å². The molecule has 0 atom stereocenters.